The molecule has 3 nitrogen and oxygen atoms in total. The van der Waals surface area contributed by atoms with E-state index >= 15 is 0 Å². The molecule has 0 bridgehead atoms. The Labute approximate surface area is 118 Å². The maximum absolute atomic E-state index is 3.46. The van der Waals surface area contributed by atoms with Gasteiger partial charge in [-0.05, 0) is 31.8 Å². The standard InChI is InChI=1S/C16H31N3/c1-2-4-15(5-3-1)6-10-18-11-7-16(14-18)19-12-8-17-9-13-19/h15-17H,1-14H2. The van der Waals surface area contributed by atoms with Crippen molar-refractivity contribution in [2.45, 2.75) is 51.0 Å². The number of hydrogen-bond acceptors (Lipinski definition) is 3. The topological polar surface area (TPSA) is 18.5 Å². The molecule has 0 radical (unpaired) electrons. The van der Waals surface area contributed by atoms with E-state index in [2.05, 4.69) is 15.1 Å². The first kappa shape index (κ1) is 13.8. The molecule has 1 unspecified atom stereocenters. The highest BCUT2D eigenvalue weighted by Crippen LogP contribution is 2.27. The van der Waals surface area contributed by atoms with Crippen LogP contribution in [-0.2, 0) is 0 Å². The lowest BCUT2D eigenvalue weighted by molar-refractivity contribution is 0.168. The van der Waals surface area contributed by atoms with Gasteiger partial charge in [0, 0.05) is 38.8 Å². The van der Waals surface area contributed by atoms with Gasteiger partial charge in [0.2, 0.25) is 0 Å². The average molecular weight is 265 g/mol. The monoisotopic (exact) mass is 265 g/mol. The van der Waals surface area contributed by atoms with Gasteiger partial charge < -0.3 is 10.2 Å². The van der Waals surface area contributed by atoms with Gasteiger partial charge in [0.05, 0.1) is 0 Å². The van der Waals surface area contributed by atoms with Gasteiger partial charge in [-0.25, -0.2) is 0 Å². The predicted octanol–water partition coefficient (Wildman–Crippen LogP) is 1.94. The third-order valence-electron chi connectivity index (χ3n) is 5.49. The number of hydrogen-bond donors (Lipinski definition) is 1. The largest absolute Gasteiger partial charge is 0.314 e. The highest BCUT2D eigenvalue weighted by atomic mass is 15.3. The maximum atomic E-state index is 3.46. The van der Waals surface area contributed by atoms with Crippen molar-refractivity contribution in [3.05, 3.63) is 0 Å². The first-order valence-electron chi connectivity index (χ1n) is 8.59. The van der Waals surface area contributed by atoms with Crippen LogP contribution in [0.15, 0.2) is 0 Å². The van der Waals surface area contributed by atoms with Crippen molar-refractivity contribution < 1.29 is 0 Å². The zero-order valence-corrected chi connectivity index (χ0v) is 12.4. The Bertz CT molecular complexity index is 257. The summed E-state index contributed by atoms with van der Waals surface area (Å²) < 4.78 is 0. The first-order chi connectivity index (χ1) is 9.42. The average Bonchev–Trinajstić information content (AvgIpc) is 2.96. The van der Waals surface area contributed by atoms with Crippen molar-refractivity contribution in [1.82, 2.24) is 15.1 Å². The number of nitrogens with one attached hydrogen (secondary N) is 1. The molecule has 110 valence electrons. The van der Waals surface area contributed by atoms with E-state index in [9.17, 15) is 0 Å². The smallest absolute Gasteiger partial charge is 0.0236 e. The van der Waals surface area contributed by atoms with E-state index in [1.165, 1.54) is 90.8 Å². The third-order valence-corrected chi connectivity index (χ3v) is 5.49. The second kappa shape index (κ2) is 7.05. The van der Waals surface area contributed by atoms with Gasteiger partial charge in [0.1, 0.15) is 0 Å². The minimum Gasteiger partial charge on any atom is -0.314 e. The highest BCUT2D eigenvalue weighted by Gasteiger charge is 2.28. The summed E-state index contributed by atoms with van der Waals surface area (Å²) in [6.07, 6.45) is 10.4. The minimum absolute atomic E-state index is 0.855. The van der Waals surface area contributed by atoms with Gasteiger partial charge in [-0.3, -0.25) is 4.90 Å². The molecule has 1 atom stereocenters. The fourth-order valence-electron chi connectivity index (χ4n) is 4.20. The molecule has 0 aromatic heterocycles. The molecular weight excluding hydrogens is 234 g/mol. The van der Waals surface area contributed by atoms with Crippen LogP contribution >= 0.6 is 0 Å². The molecule has 1 saturated carbocycles. The quantitative estimate of drug-likeness (QED) is 0.838. The molecule has 1 aliphatic carbocycles. The molecular formula is C16H31N3. The zero-order chi connectivity index (χ0) is 12.9. The Morgan fingerprint density at radius 3 is 2.47 bits per heavy atom. The number of likely N-dealkylation sites (tertiary alicyclic amines) is 1. The molecule has 1 N–H and O–H groups in total. The van der Waals surface area contributed by atoms with Gasteiger partial charge in [0.15, 0.2) is 0 Å². The van der Waals surface area contributed by atoms with Crippen LogP contribution in [0.1, 0.15) is 44.9 Å². The van der Waals surface area contributed by atoms with E-state index in [0.29, 0.717) is 0 Å². The maximum Gasteiger partial charge on any atom is 0.0236 e. The summed E-state index contributed by atoms with van der Waals surface area (Å²) in [5.74, 6) is 1.05. The predicted molar refractivity (Wildman–Crippen MR) is 80.5 cm³/mol. The lowest BCUT2D eigenvalue weighted by atomic mass is 9.87. The van der Waals surface area contributed by atoms with Crippen molar-refractivity contribution in [2.24, 2.45) is 5.92 Å². The van der Waals surface area contributed by atoms with Crippen molar-refractivity contribution in [3.8, 4) is 0 Å². The van der Waals surface area contributed by atoms with E-state index in [-0.39, 0.29) is 0 Å². The molecule has 3 rings (SSSR count). The van der Waals surface area contributed by atoms with Gasteiger partial charge in [0.25, 0.3) is 0 Å². The summed E-state index contributed by atoms with van der Waals surface area (Å²) >= 11 is 0. The van der Waals surface area contributed by atoms with E-state index in [4.69, 9.17) is 0 Å². The van der Waals surface area contributed by atoms with Crippen LogP contribution < -0.4 is 5.32 Å². The van der Waals surface area contributed by atoms with Crippen molar-refractivity contribution >= 4 is 0 Å². The molecule has 0 spiro atoms. The lowest BCUT2D eigenvalue weighted by Gasteiger charge is -2.32. The Hall–Kier alpha value is -0.120. The van der Waals surface area contributed by atoms with E-state index < -0.39 is 0 Å². The second-order valence-corrected chi connectivity index (χ2v) is 6.82. The molecule has 2 aliphatic heterocycles. The zero-order valence-electron chi connectivity index (χ0n) is 12.4. The van der Waals surface area contributed by atoms with Crippen LogP contribution in [0.25, 0.3) is 0 Å². The fraction of sp³-hybridized carbons (Fsp3) is 1.00. The summed E-state index contributed by atoms with van der Waals surface area (Å²) in [6, 6.07) is 0.855. The van der Waals surface area contributed by atoms with Crippen LogP contribution in [0, 0.1) is 5.92 Å². The van der Waals surface area contributed by atoms with Crippen LogP contribution in [0.3, 0.4) is 0 Å². The molecule has 3 fully saturated rings. The van der Waals surface area contributed by atoms with E-state index in [1.54, 1.807) is 0 Å². The highest BCUT2D eigenvalue weighted by molar-refractivity contribution is 4.85. The molecule has 3 aliphatic rings. The Kier molecular flexibility index (Phi) is 5.14. The van der Waals surface area contributed by atoms with E-state index in [1.807, 2.05) is 0 Å². The molecule has 2 heterocycles. The molecule has 2 saturated heterocycles. The summed E-state index contributed by atoms with van der Waals surface area (Å²) in [5.41, 5.74) is 0. The molecule has 0 aromatic carbocycles. The molecule has 0 amide bonds. The Morgan fingerprint density at radius 1 is 0.895 bits per heavy atom. The summed E-state index contributed by atoms with van der Waals surface area (Å²) in [4.78, 5) is 5.46. The number of rotatable bonds is 4. The Morgan fingerprint density at radius 2 is 1.68 bits per heavy atom. The molecule has 3 heteroatoms. The number of nitrogens with zero attached hydrogens (tertiary/aromatic N) is 2. The van der Waals surface area contributed by atoms with E-state index in [0.717, 1.165) is 12.0 Å². The third kappa shape index (κ3) is 3.93. The van der Waals surface area contributed by atoms with Crippen LogP contribution in [0.4, 0.5) is 0 Å². The van der Waals surface area contributed by atoms with Crippen LogP contribution in [0.5, 0.6) is 0 Å². The second-order valence-electron chi connectivity index (χ2n) is 6.82. The fourth-order valence-corrected chi connectivity index (χ4v) is 4.20. The van der Waals surface area contributed by atoms with Crippen molar-refractivity contribution in [2.75, 3.05) is 45.8 Å². The van der Waals surface area contributed by atoms with Crippen LogP contribution in [-0.4, -0.2) is 61.7 Å². The molecule has 19 heavy (non-hydrogen) atoms. The van der Waals surface area contributed by atoms with Gasteiger partial charge in [-0.2, -0.15) is 0 Å². The number of piperazine rings is 1. The van der Waals surface area contributed by atoms with Crippen LogP contribution in [0.2, 0.25) is 0 Å². The normalized spacial score (nSPS) is 31.9. The van der Waals surface area contributed by atoms with Crippen molar-refractivity contribution in [1.29, 1.82) is 0 Å². The molecule has 0 aromatic rings. The van der Waals surface area contributed by atoms with Gasteiger partial charge >= 0.3 is 0 Å². The Balaban J connectivity index is 1.36. The summed E-state index contributed by atoms with van der Waals surface area (Å²) in [7, 11) is 0. The minimum atomic E-state index is 0.855. The van der Waals surface area contributed by atoms with Crippen molar-refractivity contribution in [3.63, 3.8) is 0 Å². The summed E-state index contributed by atoms with van der Waals surface area (Å²) in [6.45, 7) is 8.97. The lowest BCUT2D eigenvalue weighted by Crippen LogP contribution is -2.49. The van der Waals surface area contributed by atoms with Gasteiger partial charge in [-0.1, -0.05) is 32.1 Å². The van der Waals surface area contributed by atoms with Gasteiger partial charge in [-0.15, -0.1) is 0 Å². The SMILES string of the molecule is C1CCC(CCN2CCC(N3CCNCC3)C2)CC1. The summed E-state index contributed by atoms with van der Waals surface area (Å²) in [5, 5.41) is 3.46. The first-order valence-corrected chi connectivity index (χ1v) is 8.59.